The lowest BCUT2D eigenvalue weighted by molar-refractivity contribution is -0.159. The van der Waals surface area contributed by atoms with E-state index in [0.717, 1.165) is 40.8 Å². The van der Waals surface area contributed by atoms with Gasteiger partial charge in [0.15, 0.2) is 0 Å². The third kappa shape index (κ3) is 6.75. The maximum absolute atomic E-state index is 13.3. The first-order chi connectivity index (χ1) is 16.4. The fraction of sp³-hybridized carbons (Fsp3) is 0.483. The molecule has 2 aromatic carbocycles. The number of carbonyl (C=O) groups excluding carboxylic acids is 1. The van der Waals surface area contributed by atoms with Crippen LogP contribution in [-0.4, -0.2) is 21.8 Å². The van der Waals surface area contributed by atoms with E-state index in [9.17, 15) is 15.0 Å². The highest BCUT2D eigenvalue weighted by Crippen LogP contribution is 2.45. The zero-order chi connectivity index (χ0) is 25.8. The first-order valence-corrected chi connectivity index (χ1v) is 13.3. The van der Waals surface area contributed by atoms with Crippen molar-refractivity contribution in [2.24, 2.45) is 0 Å². The molecule has 0 aliphatic carbocycles. The Kier molecular flexibility index (Phi) is 8.47. The fourth-order valence-electron chi connectivity index (χ4n) is 4.50. The second kappa shape index (κ2) is 11.0. The number of phenolic OH excluding ortho intramolecular Hbond substituents is 1. The van der Waals surface area contributed by atoms with Crippen LogP contribution in [0.15, 0.2) is 52.0 Å². The maximum Gasteiger partial charge on any atom is 0.349 e. The molecule has 1 aliphatic heterocycles. The second-order valence-electron chi connectivity index (χ2n) is 10.7. The Bertz CT molecular complexity index is 1090. The van der Waals surface area contributed by atoms with Crippen LogP contribution in [0.2, 0.25) is 0 Å². The number of aliphatic hydroxyl groups is 1. The predicted molar refractivity (Wildman–Crippen MR) is 144 cm³/mol. The molecule has 0 fully saturated rings. The number of ether oxygens (including phenoxy) is 1. The number of hydrogen-bond donors (Lipinski definition) is 3. The number of unbranched alkanes of at least 4 members (excludes halogenated alkanes) is 2. The quantitative estimate of drug-likeness (QED) is 0.191. The van der Waals surface area contributed by atoms with Crippen LogP contribution in [0.25, 0.3) is 0 Å². The van der Waals surface area contributed by atoms with Crippen molar-refractivity contribution in [3.63, 3.8) is 0 Å². The number of carbonyl (C=O) groups is 1. The summed E-state index contributed by atoms with van der Waals surface area (Å²) >= 11 is 1.27. The molecule has 0 radical (unpaired) electrons. The third-order valence-corrected chi connectivity index (χ3v) is 7.84. The van der Waals surface area contributed by atoms with Gasteiger partial charge >= 0.3 is 5.97 Å². The van der Waals surface area contributed by atoms with Crippen LogP contribution < -0.4 is 5.73 Å². The normalized spacial score (nSPS) is 18.6. The zero-order valence-electron chi connectivity index (χ0n) is 21.6. The molecule has 0 saturated carbocycles. The number of phenols is 1. The minimum atomic E-state index is -0.734. The monoisotopic (exact) mass is 497 g/mol. The van der Waals surface area contributed by atoms with Gasteiger partial charge in [0.25, 0.3) is 0 Å². The van der Waals surface area contributed by atoms with Gasteiger partial charge in [-0.1, -0.05) is 64.4 Å². The molecule has 0 amide bonds. The molecule has 0 saturated heterocycles. The number of anilines is 1. The van der Waals surface area contributed by atoms with Gasteiger partial charge in [0, 0.05) is 17.0 Å². The van der Waals surface area contributed by atoms with Crippen molar-refractivity contribution in [1.29, 1.82) is 0 Å². The van der Waals surface area contributed by atoms with Crippen LogP contribution in [-0.2, 0) is 21.4 Å². The van der Waals surface area contributed by atoms with Crippen LogP contribution in [0.5, 0.6) is 5.75 Å². The summed E-state index contributed by atoms with van der Waals surface area (Å²) < 4.78 is 6.15. The first kappa shape index (κ1) is 27.0. The Balaban J connectivity index is 1.89. The molecule has 1 heterocycles. The van der Waals surface area contributed by atoms with Crippen LogP contribution in [0.4, 0.5) is 5.69 Å². The number of esters is 1. The number of hydrogen-bond acceptors (Lipinski definition) is 6. The van der Waals surface area contributed by atoms with Gasteiger partial charge in [-0.25, -0.2) is 4.79 Å². The molecule has 1 atom stereocenters. The molecule has 0 aromatic heterocycles. The summed E-state index contributed by atoms with van der Waals surface area (Å²) in [6.07, 6.45) is 5.37. The van der Waals surface area contributed by atoms with E-state index in [2.05, 4.69) is 27.7 Å². The maximum atomic E-state index is 13.3. The van der Waals surface area contributed by atoms with Gasteiger partial charge in [0.2, 0.25) is 0 Å². The summed E-state index contributed by atoms with van der Waals surface area (Å²) in [5, 5.41) is 20.7. The zero-order valence-corrected chi connectivity index (χ0v) is 22.4. The van der Waals surface area contributed by atoms with Gasteiger partial charge in [-0.2, -0.15) is 0 Å². The highest BCUT2D eigenvalue weighted by Gasteiger charge is 2.42. The smallest absolute Gasteiger partial charge is 0.349 e. The fourth-order valence-corrected chi connectivity index (χ4v) is 5.74. The average Bonchev–Trinajstić information content (AvgIpc) is 2.77. The van der Waals surface area contributed by atoms with E-state index in [0.29, 0.717) is 31.4 Å². The number of rotatable bonds is 9. The van der Waals surface area contributed by atoms with Crippen molar-refractivity contribution < 1.29 is 19.7 Å². The average molecular weight is 498 g/mol. The van der Waals surface area contributed by atoms with Crippen molar-refractivity contribution in [1.82, 2.24) is 0 Å². The van der Waals surface area contributed by atoms with Gasteiger partial charge in [-0.15, -0.1) is 0 Å². The number of aryl methyl sites for hydroxylation is 2. The van der Waals surface area contributed by atoms with E-state index in [1.165, 1.54) is 11.8 Å². The lowest BCUT2D eigenvalue weighted by Crippen LogP contribution is -2.40. The van der Waals surface area contributed by atoms with Gasteiger partial charge in [-0.05, 0) is 79.0 Å². The van der Waals surface area contributed by atoms with E-state index in [-0.39, 0.29) is 21.8 Å². The third-order valence-electron chi connectivity index (χ3n) is 6.68. The number of nitrogens with two attached hydrogens (primary N) is 1. The molecule has 2 aromatic rings. The Morgan fingerprint density at radius 2 is 1.77 bits per heavy atom. The topological polar surface area (TPSA) is 92.8 Å². The van der Waals surface area contributed by atoms with E-state index < -0.39 is 11.6 Å². The molecule has 3 rings (SSSR count). The largest absolute Gasteiger partial charge is 0.511 e. The van der Waals surface area contributed by atoms with E-state index in [1.807, 2.05) is 31.2 Å². The number of aliphatic hydroxyl groups excluding tert-OH is 1. The summed E-state index contributed by atoms with van der Waals surface area (Å²) in [4.78, 5) is 14.5. The molecule has 190 valence electrons. The number of nitrogen functional groups attached to an aromatic ring is 1. The minimum Gasteiger partial charge on any atom is -0.511 e. The standard InChI is InChI=1S/C29H39NO4S/c1-6-7-8-14-29(15-13-20-9-11-21(31)12-10-20)18-24(32)26(27(33)34-29)35-25-16-19(2)23(30)17-22(25)28(3,4)5/h9-12,16-17,31-32H,6-8,13-15,18,30H2,1-5H3/t29-/m0/s1. The van der Waals surface area contributed by atoms with Crippen molar-refractivity contribution in [3.8, 4) is 5.75 Å². The number of thioether (sulfide) groups is 1. The van der Waals surface area contributed by atoms with Crippen molar-refractivity contribution in [3.05, 3.63) is 63.8 Å². The molecule has 0 unspecified atom stereocenters. The van der Waals surface area contributed by atoms with Gasteiger partial charge in [-0.3, -0.25) is 0 Å². The lowest BCUT2D eigenvalue weighted by atomic mass is 9.84. The first-order valence-electron chi connectivity index (χ1n) is 12.5. The van der Waals surface area contributed by atoms with E-state index in [1.54, 1.807) is 12.1 Å². The lowest BCUT2D eigenvalue weighted by Gasteiger charge is -2.37. The number of aromatic hydroxyl groups is 1. The van der Waals surface area contributed by atoms with Crippen LogP contribution in [0.1, 0.15) is 82.9 Å². The van der Waals surface area contributed by atoms with E-state index in [4.69, 9.17) is 10.5 Å². The minimum absolute atomic E-state index is 0.0998. The molecular weight excluding hydrogens is 458 g/mol. The Labute approximate surface area is 213 Å². The Hall–Kier alpha value is -2.60. The van der Waals surface area contributed by atoms with Crippen molar-refractivity contribution >= 4 is 23.4 Å². The van der Waals surface area contributed by atoms with Crippen LogP contribution in [0.3, 0.4) is 0 Å². The van der Waals surface area contributed by atoms with Gasteiger partial charge in [0.1, 0.15) is 22.0 Å². The summed E-state index contributed by atoms with van der Waals surface area (Å²) in [6.45, 7) is 10.4. The summed E-state index contributed by atoms with van der Waals surface area (Å²) in [5.74, 6) is -0.136. The number of benzene rings is 2. The molecule has 0 spiro atoms. The van der Waals surface area contributed by atoms with Crippen LogP contribution in [0, 0.1) is 6.92 Å². The Morgan fingerprint density at radius 3 is 2.37 bits per heavy atom. The second-order valence-corrected chi connectivity index (χ2v) is 11.8. The highest BCUT2D eigenvalue weighted by molar-refractivity contribution is 8.04. The van der Waals surface area contributed by atoms with Gasteiger partial charge < -0.3 is 20.7 Å². The molecule has 4 N–H and O–H groups in total. The molecule has 35 heavy (non-hydrogen) atoms. The summed E-state index contributed by atoms with van der Waals surface area (Å²) in [6, 6.07) is 11.1. The molecular formula is C29H39NO4S. The predicted octanol–water partition coefficient (Wildman–Crippen LogP) is 7.34. The number of cyclic esters (lactones) is 1. The molecule has 0 bridgehead atoms. The summed E-state index contributed by atoms with van der Waals surface area (Å²) in [5.41, 5.74) is 9.02. The van der Waals surface area contributed by atoms with Crippen LogP contribution >= 0.6 is 11.8 Å². The van der Waals surface area contributed by atoms with E-state index >= 15 is 0 Å². The Morgan fingerprint density at radius 1 is 1.09 bits per heavy atom. The molecule has 6 heteroatoms. The highest BCUT2D eigenvalue weighted by atomic mass is 32.2. The molecule has 5 nitrogen and oxygen atoms in total. The SMILES string of the molecule is CCCCC[C@]1(CCc2ccc(O)cc2)CC(O)=C(Sc2cc(C)c(N)cc2C(C)(C)C)C(=O)O1. The van der Waals surface area contributed by atoms with Crippen molar-refractivity contribution in [2.75, 3.05) is 5.73 Å². The van der Waals surface area contributed by atoms with Crippen molar-refractivity contribution in [2.45, 2.75) is 95.5 Å². The summed E-state index contributed by atoms with van der Waals surface area (Å²) in [7, 11) is 0. The van der Waals surface area contributed by atoms with Gasteiger partial charge in [0.05, 0.1) is 0 Å². The molecule has 1 aliphatic rings.